The first-order valence-corrected chi connectivity index (χ1v) is 4.73. The fraction of sp³-hybridized carbons (Fsp3) is 0. The maximum Gasteiger partial charge on any atom is 0.346 e. The summed E-state index contributed by atoms with van der Waals surface area (Å²) >= 11 is -6.73. The molecular weight excluding hydrogens is 240 g/mol. The summed E-state index contributed by atoms with van der Waals surface area (Å²) in [5.74, 6) is 0. The number of hydrogen-bond acceptors (Lipinski definition) is 6. The Kier molecular flexibility index (Phi) is 4.42. The summed E-state index contributed by atoms with van der Waals surface area (Å²) in [6, 6.07) is -3.39. The molecule has 2 unspecified atom stereocenters. The monoisotopic (exact) mass is 244 g/mol. The van der Waals surface area contributed by atoms with Crippen LogP contribution in [0.1, 0.15) is 0 Å². The molecule has 0 aromatic rings. The van der Waals surface area contributed by atoms with Crippen LogP contribution in [0.3, 0.4) is 0 Å². The maximum atomic E-state index is 10.4. The van der Waals surface area contributed by atoms with Gasteiger partial charge in [-0.1, -0.05) is 0 Å². The molecule has 0 aromatic carbocycles. The van der Waals surface area contributed by atoms with E-state index in [1.165, 1.54) is 0 Å². The number of rotatable bonds is 2. The Morgan fingerprint density at radius 1 is 0.929 bits per heavy atom. The van der Waals surface area contributed by atoms with Gasteiger partial charge in [0.2, 0.25) is 0 Å². The summed E-state index contributed by atoms with van der Waals surface area (Å²) < 4.78 is 40.1. The molecule has 0 radical (unpaired) electrons. The third kappa shape index (κ3) is 2.91. The highest BCUT2D eigenvalue weighted by atomic mass is 32.2. The summed E-state index contributed by atoms with van der Waals surface area (Å²) in [6.45, 7) is 0. The number of hydrazine groups is 1. The van der Waals surface area contributed by atoms with Gasteiger partial charge >= 0.3 is 12.1 Å². The third-order valence-corrected chi connectivity index (χ3v) is 2.18. The van der Waals surface area contributed by atoms with Crippen molar-refractivity contribution < 1.29 is 27.1 Å². The van der Waals surface area contributed by atoms with E-state index in [2.05, 4.69) is 11.5 Å². The zero-order chi connectivity index (χ0) is 11.5. The van der Waals surface area contributed by atoms with E-state index in [9.17, 15) is 27.1 Å². The predicted octanol–water partition coefficient (Wildman–Crippen LogP) is -2.75. The Labute approximate surface area is 82.6 Å². The Bertz CT molecular complexity index is 246. The first-order chi connectivity index (χ1) is 6.29. The van der Waals surface area contributed by atoms with Crippen LogP contribution in [0.2, 0.25) is 0 Å². The van der Waals surface area contributed by atoms with Gasteiger partial charge in [0.05, 0.1) is 22.5 Å². The van der Waals surface area contributed by atoms with Crippen LogP contribution in [0, 0.1) is 0 Å². The summed E-state index contributed by atoms with van der Waals surface area (Å²) in [5, 5.41) is 0. The summed E-state index contributed by atoms with van der Waals surface area (Å²) in [4.78, 5) is 20.8. The first kappa shape index (κ1) is 12.8. The average Bonchev–Trinajstić information content (AvgIpc) is 1.96. The van der Waals surface area contributed by atoms with Crippen molar-refractivity contribution in [2.45, 2.75) is 0 Å². The minimum Gasteiger partial charge on any atom is -0.754 e. The number of carbonyl (C=O) groups is 2. The standard InChI is InChI=1S/C2H6N4O6S2/c3-1(7)5(13(9)10)6(2(4)8)14(11)12/h(H2,3,7)(H2,4,8)(H,9,10)(H,11,12)/p-2. The van der Waals surface area contributed by atoms with Crippen LogP contribution in [0.25, 0.3) is 0 Å². The minimum atomic E-state index is -3.36. The fourth-order valence-corrected chi connectivity index (χ4v) is 1.47. The normalized spacial score (nSPS) is 14.1. The van der Waals surface area contributed by atoms with Crippen molar-refractivity contribution in [3.63, 3.8) is 0 Å². The third-order valence-electron chi connectivity index (χ3n) is 0.824. The molecule has 0 bridgehead atoms. The highest BCUT2D eigenvalue weighted by Gasteiger charge is 2.24. The van der Waals surface area contributed by atoms with Gasteiger partial charge in [-0.3, -0.25) is 0 Å². The molecule has 0 aliphatic rings. The maximum absolute atomic E-state index is 10.4. The number of primary amides is 2. The van der Waals surface area contributed by atoms with Gasteiger partial charge in [-0.05, 0) is 0 Å². The molecule has 0 saturated carbocycles. The molecule has 12 heteroatoms. The van der Waals surface area contributed by atoms with Gasteiger partial charge in [-0.25, -0.2) is 18.0 Å². The van der Waals surface area contributed by atoms with E-state index in [0.29, 0.717) is 0 Å². The summed E-state index contributed by atoms with van der Waals surface area (Å²) in [5.41, 5.74) is 8.97. The molecule has 82 valence electrons. The SMILES string of the molecule is NC(=O)N(N(C(N)=O)S(=O)[O-])S(=O)[O-]. The van der Waals surface area contributed by atoms with E-state index >= 15 is 0 Å². The average molecular weight is 244 g/mol. The van der Waals surface area contributed by atoms with Gasteiger partial charge in [0.1, 0.15) is 0 Å². The molecule has 0 heterocycles. The van der Waals surface area contributed by atoms with Crippen molar-refractivity contribution in [1.82, 2.24) is 8.83 Å². The topological polar surface area (TPSA) is 173 Å². The Morgan fingerprint density at radius 2 is 1.14 bits per heavy atom. The molecule has 0 fully saturated rings. The smallest absolute Gasteiger partial charge is 0.346 e. The molecule has 0 aromatic heterocycles. The van der Waals surface area contributed by atoms with E-state index in [0.717, 1.165) is 0 Å². The van der Waals surface area contributed by atoms with Crippen LogP contribution in [0.15, 0.2) is 0 Å². The van der Waals surface area contributed by atoms with Gasteiger partial charge in [0.25, 0.3) is 0 Å². The number of urea groups is 2. The Morgan fingerprint density at radius 3 is 1.21 bits per heavy atom. The van der Waals surface area contributed by atoms with E-state index in [1.807, 2.05) is 0 Å². The predicted molar refractivity (Wildman–Crippen MR) is 40.7 cm³/mol. The van der Waals surface area contributed by atoms with Gasteiger partial charge in [0.15, 0.2) is 0 Å². The van der Waals surface area contributed by atoms with Crippen molar-refractivity contribution in [3.05, 3.63) is 0 Å². The van der Waals surface area contributed by atoms with Crippen molar-refractivity contribution in [2.24, 2.45) is 11.5 Å². The lowest BCUT2D eigenvalue weighted by Crippen LogP contribution is -2.54. The highest BCUT2D eigenvalue weighted by Crippen LogP contribution is 2.02. The van der Waals surface area contributed by atoms with Crippen molar-refractivity contribution in [3.8, 4) is 0 Å². The van der Waals surface area contributed by atoms with Gasteiger partial charge < -0.3 is 20.6 Å². The van der Waals surface area contributed by atoms with E-state index in [1.54, 1.807) is 0 Å². The fourth-order valence-electron chi connectivity index (χ4n) is 0.447. The molecule has 10 nitrogen and oxygen atoms in total. The van der Waals surface area contributed by atoms with Crippen LogP contribution < -0.4 is 11.5 Å². The molecule has 0 spiro atoms. The minimum absolute atomic E-state index is 0.550. The van der Waals surface area contributed by atoms with Crippen LogP contribution in [0.4, 0.5) is 9.59 Å². The molecule has 0 aliphatic carbocycles. The number of hydrogen-bond donors (Lipinski definition) is 2. The van der Waals surface area contributed by atoms with Crippen LogP contribution >= 0.6 is 0 Å². The number of nitrogens with two attached hydrogens (primary N) is 2. The largest absolute Gasteiger partial charge is 0.754 e. The molecule has 2 atom stereocenters. The molecule has 0 rings (SSSR count). The second-order valence-electron chi connectivity index (χ2n) is 1.66. The lowest BCUT2D eigenvalue weighted by Gasteiger charge is -2.32. The Balaban J connectivity index is 5.13. The van der Waals surface area contributed by atoms with Gasteiger partial charge in [-0.15, -0.1) is 8.83 Å². The zero-order valence-corrected chi connectivity index (χ0v) is 7.95. The van der Waals surface area contributed by atoms with E-state index < -0.39 is 43.4 Å². The number of nitrogens with zero attached hydrogens (tertiary/aromatic N) is 2. The van der Waals surface area contributed by atoms with Crippen molar-refractivity contribution in [1.29, 1.82) is 0 Å². The molecule has 4 N–H and O–H groups in total. The molecule has 4 amide bonds. The summed E-state index contributed by atoms with van der Waals surface area (Å²) in [7, 11) is 0. The van der Waals surface area contributed by atoms with Gasteiger partial charge in [-0.2, -0.15) is 0 Å². The second kappa shape index (κ2) is 4.85. The van der Waals surface area contributed by atoms with Crippen LogP contribution in [0.5, 0.6) is 0 Å². The van der Waals surface area contributed by atoms with E-state index in [-0.39, 0.29) is 0 Å². The molecule has 0 saturated heterocycles. The Hall–Kier alpha value is -1.24. The van der Waals surface area contributed by atoms with Crippen LogP contribution in [-0.4, -0.2) is 38.4 Å². The van der Waals surface area contributed by atoms with E-state index in [4.69, 9.17) is 0 Å². The molecule has 14 heavy (non-hydrogen) atoms. The highest BCUT2D eigenvalue weighted by molar-refractivity contribution is 7.80. The van der Waals surface area contributed by atoms with Crippen molar-refractivity contribution in [2.75, 3.05) is 0 Å². The quantitative estimate of drug-likeness (QED) is 0.393. The van der Waals surface area contributed by atoms with Crippen LogP contribution in [-0.2, 0) is 22.5 Å². The first-order valence-electron chi connectivity index (χ1n) is 2.66. The van der Waals surface area contributed by atoms with Crippen molar-refractivity contribution >= 4 is 34.6 Å². The lowest BCUT2D eigenvalue weighted by molar-refractivity contribution is 0.164. The molecular formula is C2H4N4O6S2-2. The lowest BCUT2D eigenvalue weighted by atomic mass is 11.0. The van der Waals surface area contributed by atoms with Gasteiger partial charge in [0, 0.05) is 0 Å². The second-order valence-corrected chi connectivity index (χ2v) is 3.22. The summed E-state index contributed by atoms with van der Waals surface area (Å²) in [6.07, 6.45) is 0. The number of amides is 4. The molecule has 0 aliphatic heterocycles. The zero-order valence-electron chi connectivity index (χ0n) is 6.32. The number of carbonyl (C=O) groups excluding carboxylic acids is 2.